The van der Waals surface area contributed by atoms with Crippen molar-refractivity contribution in [1.82, 2.24) is 9.13 Å². The highest BCUT2D eigenvalue weighted by atomic mass is 35.5. The number of ether oxygens (including phenoxy) is 2. The minimum Gasteiger partial charge on any atom is -0.495 e. The van der Waals surface area contributed by atoms with Gasteiger partial charge in [-0.25, -0.2) is 9.79 Å². The molecule has 0 saturated heterocycles. The van der Waals surface area contributed by atoms with E-state index in [0.29, 0.717) is 42.0 Å². The SMILES string of the molecule is CCOC(=O)C1=C(C)N=c2s/c(=C\c3cc(C)n(-c4ccc(OC)c(Cl)c4)c3C)c(=O)n2[C@H]1c1ccccc1Cl. The van der Waals surface area contributed by atoms with Crippen molar-refractivity contribution in [2.24, 2.45) is 4.99 Å². The summed E-state index contributed by atoms with van der Waals surface area (Å²) in [6, 6.07) is 14.1. The summed E-state index contributed by atoms with van der Waals surface area (Å²) < 4.78 is 14.8. The van der Waals surface area contributed by atoms with E-state index in [1.807, 2.05) is 62.4 Å². The van der Waals surface area contributed by atoms with Crippen LogP contribution in [0.5, 0.6) is 5.75 Å². The van der Waals surface area contributed by atoms with Crippen LogP contribution in [-0.4, -0.2) is 28.8 Å². The van der Waals surface area contributed by atoms with Crippen LogP contribution < -0.4 is 19.6 Å². The molecular weight excluding hydrogens is 569 g/mol. The number of methoxy groups -OCH3 is 1. The minimum atomic E-state index is -0.764. The second-order valence-corrected chi connectivity index (χ2v) is 11.1. The fraction of sp³-hybridized carbons (Fsp3) is 0.233. The lowest BCUT2D eigenvalue weighted by atomic mass is 9.96. The van der Waals surface area contributed by atoms with Crippen LogP contribution in [0.15, 0.2) is 69.6 Å². The van der Waals surface area contributed by atoms with Gasteiger partial charge in [0.1, 0.15) is 11.8 Å². The number of allylic oxidation sites excluding steroid dienone is 1. The maximum atomic E-state index is 14.0. The van der Waals surface area contributed by atoms with Gasteiger partial charge in [0, 0.05) is 22.1 Å². The number of aromatic nitrogens is 2. The van der Waals surface area contributed by atoms with Crippen LogP contribution in [0.3, 0.4) is 0 Å². The summed E-state index contributed by atoms with van der Waals surface area (Å²) in [5.74, 6) is 0.0735. The van der Waals surface area contributed by atoms with E-state index in [1.165, 1.54) is 11.3 Å². The van der Waals surface area contributed by atoms with Gasteiger partial charge in [0.05, 0.1) is 34.5 Å². The first kappa shape index (κ1) is 28.0. The summed E-state index contributed by atoms with van der Waals surface area (Å²) in [4.78, 5) is 32.2. The Morgan fingerprint density at radius 2 is 1.85 bits per heavy atom. The molecule has 2 aromatic heterocycles. The van der Waals surface area contributed by atoms with Crippen molar-refractivity contribution in [2.75, 3.05) is 13.7 Å². The third-order valence-electron chi connectivity index (χ3n) is 6.87. The quantitative estimate of drug-likeness (QED) is 0.275. The van der Waals surface area contributed by atoms with Gasteiger partial charge in [-0.05, 0) is 75.2 Å². The molecule has 0 radical (unpaired) electrons. The standard InChI is InChI=1S/C30H27Cl2N3O4S/c1-6-39-29(37)26-17(3)33-30-35(27(26)21-9-7-8-10-22(21)31)28(36)25(40-30)14-19-13-16(2)34(18(19)4)20-11-12-24(38-5)23(32)15-20/h7-15,27H,6H2,1-5H3/b25-14-/t27-/m0/s1. The number of fused-ring (bicyclic) bond motifs is 1. The van der Waals surface area contributed by atoms with Gasteiger partial charge in [-0.15, -0.1) is 0 Å². The Morgan fingerprint density at radius 1 is 1.10 bits per heavy atom. The highest BCUT2D eigenvalue weighted by Gasteiger charge is 2.34. The molecule has 0 N–H and O–H groups in total. The van der Waals surface area contributed by atoms with E-state index < -0.39 is 12.0 Å². The second kappa shape index (κ2) is 11.1. The maximum absolute atomic E-state index is 14.0. The van der Waals surface area contributed by atoms with E-state index in [2.05, 4.69) is 9.56 Å². The largest absolute Gasteiger partial charge is 0.495 e. The predicted octanol–water partition coefficient (Wildman–Crippen LogP) is 5.52. The summed E-state index contributed by atoms with van der Waals surface area (Å²) in [5, 5.41) is 0.954. The van der Waals surface area contributed by atoms with E-state index in [0.717, 1.165) is 22.6 Å². The third-order valence-corrected chi connectivity index (χ3v) is 8.49. The van der Waals surface area contributed by atoms with Crippen molar-refractivity contribution < 1.29 is 14.3 Å². The predicted molar refractivity (Wildman–Crippen MR) is 159 cm³/mol. The van der Waals surface area contributed by atoms with Gasteiger partial charge in [-0.2, -0.15) is 0 Å². The summed E-state index contributed by atoms with van der Waals surface area (Å²) in [7, 11) is 1.58. The van der Waals surface area contributed by atoms with Crippen molar-refractivity contribution in [3.8, 4) is 11.4 Å². The molecule has 1 aliphatic rings. The van der Waals surface area contributed by atoms with Crippen LogP contribution in [-0.2, 0) is 9.53 Å². The van der Waals surface area contributed by atoms with Gasteiger partial charge in [-0.3, -0.25) is 9.36 Å². The topological polar surface area (TPSA) is 74.8 Å². The molecule has 1 aliphatic heterocycles. The van der Waals surface area contributed by atoms with Gasteiger partial charge in [0.2, 0.25) is 0 Å². The van der Waals surface area contributed by atoms with Crippen LogP contribution in [0.4, 0.5) is 0 Å². The Bertz CT molecular complexity index is 1870. The monoisotopic (exact) mass is 595 g/mol. The Hall–Kier alpha value is -3.59. The smallest absolute Gasteiger partial charge is 0.338 e. The van der Waals surface area contributed by atoms with Crippen LogP contribution >= 0.6 is 34.5 Å². The summed E-state index contributed by atoms with van der Waals surface area (Å²) >= 11 is 14.3. The van der Waals surface area contributed by atoms with Crippen LogP contribution in [0, 0.1) is 13.8 Å². The average molecular weight is 597 g/mol. The number of hydrogen-bond acceptors (Lipinski definition) is 6. The molecule has 0 bridgehead atoms. The highest BCUT2D eigenvalue weighted by Crippen LogP contribution is 2.34. The van der Waals surface area contributed by atoms with E-state index in [1.54, 1.807) is 31.6 Å². The molecule has 0 aliphatic carbocycles. The average Bonchev–Trinajstić information content (AvgIpc) is 3.37. The Labute approximate surface area is 245 Å². The number of halogens is 2. The van der Waals surface area contributed by atoms with E-state index >= 15 is 0 Å². The zero-order chi connectivity index (χ0) is 28.7. The molecule has 40 heavy (non-hydrogen) atoms. The van der Waals surface area contributed by atoms with Crippen molar-refractivity contribution in [2.45, 2.75) is 33.7 Å². The molecule has 10 heteroatoms. The molecule has 206 valence electrons. The molecule has 2 aromatic carbocycles. The van der Waals surface area contributed by atoms with Crippen LogP contribution in [0.1, 0.15) is 42.4 Å². The lowest BCUT2D eigenvalue weighted by Gasteiger charge is -2.25. The fourth-order valence-electron chi connectivity index (χ4n) is 5.05. The Balaban J connectivity index is 1.68. The number of carbonyl (C=O) groups is 1. The molecule has 5 rings (SSSR count). The normalized spacial score (nSPS) is 15.2. The maximum Gasteiger partial charge on any atom is 0.338 e. The molecule has 0 saturated carbocycles. The zero-order valence-electron chi connectivity index (χ0n) is 22.6. The number of aryl methyl sites for hydroxylation is 1. The van der Waals surface area contributed by atoms with E-state index in [4.69, 9.17) is 32.7 Å². The van der Waals surface area contributed by atoms with Crippen LogP contribution in [0.2, 0.25) is 10.0 Å². The zero-order valence-corrected chi connectivity index (χ0v) is 24.9. The first-order chi connectivity index (χ1) is 19.2. The Kier molecular flexibility index (Phi) is 7.77. The van der Waals surface area contributed by atoms with Crippen molar-refractivity contribution in [3.05, 3.63) is 112 Å². The first-order valence-corrected chi connectivity index (χ1v) is 14.2. The number of rotatable bonds is 6. The molecule has 7 nitrogen and oxygen atoms in total. The van der Waals surface area contributed by atoms with Crippen LogP contribution in [0.25, 0.3) is 11.8 Å². The van der Waals surface area contributed by atoms with Gasteiger partial charge in [0.15, 0.2) is 4.80 Å². The summed E-state index contributed by atoms with van der Waals surface area (Å²) in [5.41, 5.74) is 4.83. The van der Waals surface area contributed by atoms with Crippen molar-refractivity contribution in [3.63, 3.8) is 0 Å². The minimum absolute atomic E-state index is 0.199. The van der Waals surface area contributed by atoms with Gasteiger partial charge in [0.25, 0.3) is 5.56 Å². The molecular formula is C30H27Cl2N3O4S. The summed E-state index contributed by atoms with van der Waals surface area (Å²) in [6.07, 6.45) is 1.86. The van der Waals surface area contributed by atoms with Gasteiger partial charge >= 0.3 is 5.97 Å². The second-order valence-electron chi connectivity index (χ2n) is 9.30. The number of esters is 1. The first-order valence-electron chi connectivity index (χ1n) is 12.6. The van der Waals surface area contributed by atoms with Gasteiger partial charge < -0.3 is 14.0 Å². The molecule has 0 amide bonds. The van der Waals surface area contributed by atoms with Crippen molar-refractivity contribution >= 4 is 46.6 Å². The lowest BCUT2D eigenvalue weighted by Crippen LogP contribution is -2.40. The number of hydrogen-bond donors (Lipinski definition) is 0. The third kappa shape index (κ3) is 4.80. The molecule has 3 heterocycles. The Morgan fingerprint density at radius 3 is 2.52 bits per heavy atom. The van der Waals surface area contributed by atoms with Crippen molar-refractivity contribution in [1.29, 1.82) is 0 Å². The highest BCUT2D eigenvalue weighted by molar-refractivity contribution is 7.07. The lowest BCUT2D eigenvalue weighted by molar-refractivity contribution is -0.139. The number of benzene rings is 2. The summed E-state index contributed by atoms with van der Waals surface area (Å²) in [6.45, 7) is 7.68. The molecule has 4 aromatic rings. The molecule has 1 atom stereocenters. The number of carbonyl (C=O) groups excluding carboxylic acids is 1. The van der Waals surface area contributed by atoms with Gasteiger partial charge in [-0.1, -0.05) is 52.7 Å². The number of nitrogens with zero attached hydrogens (tertiary/aromatic N) is 3. The molecule has 0 fully saturated rings. The number of thiazole rings is 1. The molecule has 0 unspecified atom stereocenters. The molecule has 0 spiro atoms. The van der Waals surface area contributed by atoms with E-state index in [9.17, 15) is 9.59 Å². The fourth-order valence-corrected chi connectivity index (χ4v) is 6.58. The van der Waals surface area contributed by atoms with E-state index in [-0.39, 0.29) is 12.2 Å².